The Hall–Kier alpha value is 0.868. The predicted octanol–water partition coefficient (Wildman–Crippen LogP) is -3.66. The molecule has 0 amide bonds. The van der Waals surface area contributed by atoms with Crippen LogP contribution in [0, 0.1) is 0 Å². The van der Waals surface area contributed by atoms with E-state index in [-0.39, 0.29) is 0 Å². The van der Waals surface area contributed by atoms with Gasteiger partial charge in [-0.1, -0.05) is 0 Å². The van der Waals surface area contributed by atoms with E-state index in [9.17, 15) is 0 Å². The van der Waals surface area contributed by atoms with Crippen molar-refractivity contribution >= 4 is 36.6 Å². The summed E-state index contributed by atoms with van der Waals surface area (Å²) in [5.74, 6) is 0. The van der Waals surface area contributed by atoms with Crippen LogP contribution < -0.4 is 0 Å². The minimum atomic E-state index is 0.542. The van der Waals surface area contributed by atoms with E-state index >= 15 is 0 Å². The molecule has 2 radical (unpaired) electrons. The number of hydrogen-bond donors (Lipinski definition) is 0. The summed E-state index contributed by atoms with van der Waals surface area (Å²) < 4.78 is 0. The molecule has 0 aromatic rings. The van der Waals surface area contributed by atoms with Gasteiger partial charge in [0.2, 0.25) is 0 Å². The monoisotopic (exact) mass is 120 g/mol. The van der Waals surface area contributed by atoms with E-state index in [4.69, 9.17) is 0 Å². The first-order valence-corrected chi connectivity index (χ1v) is 14.5. The molecule has 0 aliphatic rings. The Kier molecular flexibility index (Phi) is 4.71. The lowest BCUT2D eigenvalue weighted by Crippen LogP contribution is -2.00. The van der Waals surface area contributed by atoms with Crippen LogP contribution in [0.4, 0.5) is 0 Å². The third kappa shape index (κ3) is 2.87. The first-order chi connectivity index (χ1) is 1.91. The molecule has 24 valence electrons. The number of rotatable bonds is 1. The molecule has 0 heterocycles. The first kappa shape index (κ1) is 4.87. The van der Waals surface area contributed by atoms with E-state index in [0.717, 1.165) is 0 Å². The summed E-state index contributed by atoms with van der Waals surface area (Å²) in [6.45, 7) is 0. The second kappa shape index (κ2) is 3.87. The van der Waals surface area contributed by atoms with Crippen molar-refractivity contribution in [1.82, 2.24) is 0 Å². The van der Waals surface area contributed by atoms with Gasteiger partial charge in [0.05, 0.1) is 0 Å². The average molecular weight is 120 g/mol. The van der Waals surface area contributed by atoms with Gasteiger partial charge in [-0.3, -0.25) is 0 Å². The minimum absolute atomic E-state index is 0.542. The fraction of sp³-hybridized carbons (Fsp3) is 0. The van der Waals surface area contributed by atoms with Gasteiger partial charge in [-0.25, -0.2) is 0 Å². The van der Waals surface area contributed by atoms with Gasteiger partial charge in [-0.05, 0) is 36.6 Å². The second-order valence-electron chi connectivity index (χ2n) is 0.789. The van der Waals surface area contributed by atoms with E-state index < -0.39 is 0 Å². The Morgan fingerprint density at radius 2 is 2.00 bits per heavy atom. The maximum absolute atomic E-state index is 2.89. The summed E-state index contributed by atoms with van der Waals surface area (Å²) in [6.07, 6.45) is 0. The van der Waals surface area contributed by atoms with Crippen LogP contribution in [0.15, 0.2) is 0 Å². The van der Waals surface area contributed by atoms with Crippen molar-refractivity contribution in [3.63, 3.8) is 0 Å². The molecule has 0 nitrogen and oxygen atoms in total. The van der Waals surface area contributed by atoms with E-state index in [1.165, 1.54) is 0 Å². The highest BCUT2D eigenvalue weighted by Crippen LogP contribution is 1.24. The zero-order chi connectivity index (χ0) is 3.41. The van der Waals surface area contributed by atoms with Crippen LogP contribution >= 0.6 is 0 Å². The van der Waals surface area contributed by atoms with E-state index in [2.05, 4.69) is 9.76 Å². The molecule has 0 bridgehead atoms. The molecule has 4 heavy (non-hydrogen) atoms. The predicted molar refractivity (Wildman–Crippen MR) is 34.2 cm³/mol. The average Bonchev–Trinajstić information content (AvgIpc) is 1.37. The summed E-state index contributed by atoms with van der Waals surface area (Å²) >= 11 is 0. The molecule has 0 aliphatic heterocycles. The molecular formula is H8Si4. The third-order valence-electron chi connectivity index (χ3n) is 0.289. The summed E-state index contributed by atoms with van der Waals surface area (Å²) in [7, 11) is 5.67. The molecule has 0 spiro atoms. The van der Waals surface area contributed by atoms with Crippen LogP contribution in [0.3, 0.4) is 0 Å². The molecule has 0 saturated heterocycles. The van der Waals surface area contributed by atoms with Crippen molar-refractivity contribution < 1.29 is 0 Å². The topological polar surface area (TPSA) is 0 Å². The first-order valence-electron chi connectivity index (χ1n) is 1.62. The Morgan fingerprint density at radius 3 is 2.00 bits per heavy atom. The van der Waals surface area contributed by atoms with Gasteiger partial charge in [0.1, 0.15) is 0 Å². The molecule has 0 rings (SSSR count). The minimum Gasteiger partial charge on any atom is -0.0120 e. The molecular weight excluding hydrogens is 112 g/mol. The zero-order valence-electron chi connectivity index (χ0n) is 2.99. The highest BCUT2D eigenvalue weighted by atomic mass is 29.7. The maximum atomic E-state index is 2.89. The second-order valence-corrected chi connectivity index (χ2v) is 21.3. The molecule has 0 unspecified atom stereocenters. The lowest BCUT2D eigenvalue weighted by atomic mass is 26.5. The van der Waals surface area contributed by atoms with E-state index in [1.807, 2.05) is 0 Å². The summed E-state index contributed by atoms with van der Waals surface area (Å²) in [4.78, 5) is 0. The summed E-state index contributed by atoms with van der Waals surface area (Å²) in [6, 6.07) is 0. The van der Waals surface area contributed by atoms with Gasteiger partial charge < -0.3 is 0 Å². The van der Waals surface area contributed by atoms with Gasteiger partial charge >= 0.3 is 0 Å². The summed E-state index contributed by atoms with van der Waals surface area (Å²) in [5, 5.41) is 0. The SMILES string of the molecule is [SiH][SiH2][SiH2][SiH3]. The van der Waals surface area contributed by atoms with Crippen LogP contribution in [0.1, 0.15) is 0 Å². The van der Waals surface area contributed by atoms with Crippen molar-refractivity contribution in [3.05, 3.63) is 0 Å². The van der Waals surface area contributed by atoms with E-state index in [0.29, 0.717) is 17.1 Å². The Balaban J connectivity index is 1.97. The van der Waals surface area contributed by atoms with Gasteiger partial charge in [0.15, 0.2) is 0 Å². The fourth-order valence-electron chi connectivity index (χ4n) is 0. The van der Waals surface area contributed by atoms with Crippen LogP contribution in [-0.2, 0) is 0 Å². The summed E-state index contributed by atoms with van der Waals surface area (Å²) in [5.41, 5.74) is 0. The Labute approximate surface area is 37.2 Å². The van der Waals surface area contributed by atoms with Crippen LogP contribution in [0.5, 0.6) is 0 Å². The maximum Gasteiger partial charge on any atom is -0.00590 e. The molecule has 0 atom stereocenters. The molecule has 0 aromatic heterocycles. The van der Waals surface area contributed by atoms with Crippen LogP contribution in [0.2, 0.25) is 0 Å². The third-order valence-corrected chi connectivity index (χ3v) is 23.4. The lowest BCUT2D eigenvalue weighted by Gasteiger charge is -1.63. The Morgan fingerprint density at radius 1 is 1.75 bits per heavy atom. The standard InChI is InChI=1S/H8Si4/c1-3-4-2/h1H,3-4H2,2H3. The Bertz CT molecular complexity index is 2.00. The molecule has 0 aliphatic carbocycles. The van der Waals surface area contributed by atoms with Crippen molar-refractivity contribution in [1.29, 1.82) is 0 Å². The molecule has 0 N–H and O–H groups in total. The van der Waals surface area contributed by atoms with Gasteiger partial charge in [-0.15, -0.1) is 0 Å². The lowest BCUT2D eigenvalue weighted by molar-refractivity contribution is 4.14. The van der Waals surface area contributed by atoms with Crippen LogP contribution in [-0.4, -0.2) is 36.6 Å². The van der Waals surface area contributed by atoms with Gasteiger partial charge in [0, 0.05) is 0 Å². The largest absolute Gasteiger partial charge is 0.0120 e. The van der Waals surface area contributed by atoms with Gasteiger partial charge in [-0.2, -0.15) is 0 Å². The van der Waals surface area contributed by atoms with E-state index in [1.54, 1.807) is 9.76 Å². The zero-order valence-corrected chi connectivity index (χ0v) is 8.97. The number of hydrogen-bond acceptors (Lipinski definition) is 0. The molecule has 4 heteroatoms. The fourth-order valence-corrected chi connectivity index (χ4v) is 0. The molecule has 0 fully saturated rings. The smallest absolute Gasteiger partial charge is 0.00590 e. The van der Waals surface area contributed by atoms with Crippen LogP contribution in [0.25, 0.3) is 0 Å². The van der Waals surface area contributed by atoms with Gasteiger partial charge in [0.25, 0.3) is 0 Å². The molecule has 0 saturated carbocycles. The van der Waals surface area contributed by atoms with Crippen molar-refractivity contribution in [3.8, 4) is 0 Å². The highest BCUT2D eigenvalue weighted by molar-refractivity contribution is 7.37. The van der Waals surface area contributed by atoms with Crippen molar-refractivity contribution in [2.75, 3.05) is 0 Å². The van der Waals surface area contributed by atoms with Crippen molar-refractivity contribution in [2.45, 2.75) is 0 Å². The normalized spacial score (nSPS) is 14.2. The molecule has 0 aromatic carbocycles. The quantitative estimate of drug-likeness (QED) is 0.313. The highest BCUT2D eigenvalue weighted by Gasteiger charge is 1.61. The van der Waals surface area contributed by atoms with Crippen molar-refractivity contribution in [2.24, 2.45) is 0 Å².